The van der Waals surface area contributed by atoms with Gasteiger partial charge in [-0.3, -0.25) is 0 Å². The summed E-state index contributed by atoms with van der Waals surface area (Å²) >= 11 is 0. The predicted molar refractivity (Wildman–Crippen MR) is 85.3 cm³/mol. The number of hydrogen-bond acceptors (Lipinski definition) is 4. The molecule has 0 fully saturated rings. The highest BCUT2D eigenvalue weighted by Crippen LogP contribution is 2.16. The molecular weight excluding hydrogens is 293 g/mol. The van der Waals surface area contributed by atoms with Crippen molar-refractivity contribution in [2.45, 2.75) is 19.3 Å². The first-order valence-corrected chi connectivity index (χ1v) is 7.30. The second kappa shape index (κ2) is 7.32. The molecule has 1 aliphatic rings. The van der Waals surface area contributed by atoms with E-state index in [0.29, 0.717) is 0 Å². The largest absolute Gasteiger partial charge is 0.336 e. The average molecular weight is 307 g/mol. The fourth-order valence-corrected chi connectivity index (χ4v) is 2.10. The van der Waals surface area contributed by atoms with Gasteiger partial charge in [0.15, 0.2) is 0 Å². The number of hydrogen-bond donors (Lipinski definition) is 0. The summed E-state index contributed by atoms with van der Waals surface area (Å²) in [5.41, 5.74) is 2.49. The summed E-state index contributed by atoms with van der Waals surface area (Å²) in [6.07, 6.45) is 6.26. The Balaban J connectivity index is 1.71. The highest BCUT2D eigenvalue weighted by Gasteiger charge is 2.08. The van der Waals surface area contributed by atoms with Gasteiger partial charge in [0.05, 0.1) is 5.71 Å². The van der Waals surface area contributed by atoms with Gasteiger partial charge in [0.1, 0.15) is 5.69 Å². The zero-order chi connectivity index (χ0) is 15.9. The van der Waals surface area contributed by atoms with Crippen LogP contribution in [0.5, 0.6) is 5.88 Å². The summed E-state index contributed by atoms with van der Waals surface area (Å²) in [4.78, 5) is 12.9. The van der Waals surface area contributed by atoms with E-state index in [4.69, 9.17) is 4.84 Å². The second-order valence-corrected chi connectivity index (χ2v) is 4.96. The van der Waals surface area contributed by atoms with E-state index < -0.39 is 5.95 Å². The zero-order valence-electron chi connectivity index (χ0n) is 12.4. The normalized spacial score (nSPS) is 15.5. The minimum atomic E-state index is -0.594. The van der Waals surface area contributed by atoms with Crippen LogP contribution in [0.4, 0.5) is 4.39 Å². The Hall–Kier alpha value is -3.00. The van der Waals surface area contributed by atoms with Crippen LogP contribution < -0.4 is 4.84 Å². The lowest BCUT2D eigenvalue weighted by Gasteiger charge is -2.09. The fourth-order valence-electron chi connectivity index (χ4n) is 2.10. The first kappa shape index (κ1) is 14.9. The van der Waals surface area contributed by atoms with Gasteiger partial charge in [-0.2, -0.15) is 9.37 Å². The van der Waals surface area contributed by atoms with Crippen LogP contribution in [0.1, 0.15) is 25.0 Å². The third-order valence-electron chi connectivity index (χ3n) is 3.18. The molecule has 4 nitrogen and oxygen atoms in total. The molecule has 0 atom stereocenters. The first-order valence-electron chi connectivity index (χ1n) is 7.30. The minimum absolute atomic E-state index is 0.137. The minimum Gasteiger partial charge on any atom is -0.336 e. The molecule has 1 aliphatic carbocycles. The van der Waals surface area contributed by atoms with Crippen LogP contribution in [0.25, 0.3) is 0 Å². The third kappa shape index (κ3) is 4.48. The molecule has 3 rings (SSSR count). The SMILES string of the molecule is Fc1cccc(O/N=C2\C=C(C#Cc3ccccn3)CCC2)n1. The number of aromatic nitrogens is 2. The van der Waals surface area contributed by atoms with Gasteiger partial charge in [-0.1, -0.05) is 23.2 Å². The lowest BCUT2D eigenvalue weighted by atomic mass is 9.98. The molecular formula is C18H14FN3O. The summed E-state index contributed by atoms with van der Waals surface area (Å²) in [5, 5.41) is 4.03. The maximum Gasteiger partial charge on any atom is 0.251 e. The predicted octanol–water partition coefficient (Wildman–Crippen LogP) is 3.51. The van der Waals surface area contributed by atoms with Crippen molar-refractivity contribution in [3.63, 3.8) is 0 Å². The molecule has 2 aromatic rings. The number of rotatable bonds is 2. The monoisotopic (exact) mass is 307 g/mol. The number of oxime groups is 1. The maximum absolute atomic E-state index is 13.0. The molecule has 0 amide bonds. The molecule has 114 valence electrons. The lowest BCUT2D eigenvalue weighted by molar-refractivity contribution is 0.320. The van der Waals surface area contributed by atoms with Crippen LogP contribution in [0.3, 0.4) is 0 Å². The van der Waals surface area contributed by atoms with Crippen molar-refractivity contribution in [3.05, 3.63) is 65.9 Å². The highest BCUT2D eigenvalue weighted by molar-refractivity contribution is 5.96. The standard InChI is InChI=1S/C18H14FN3O/c19-17-8-4-9-18(21-17)23-22-16-7-3-5-14(13-16)10-11-15-6-1-2-12-20-15/h1-2,4,6,8-9,12-13H,3,5,7H2/b22-16-. The number of nitrogens with zero attached hydrogens (tertiary/aromatic N) is 3. The van der Waals surface area contributed by atoms with Crippen LogP contribution in [0.15, 0.2) is 59.4 Å². The van der Waals surface area contributed by atoms with E-state index >= 15 is 0 Å². The van der Waals surface area contributed by atoms with Crippen molar-refractivity contribution in [3.8, 4) is 17.7 Å². The number of halogens is 1. The maximum atomic E-state index is 13.0. The van der Waals surface area contributed by atoms with E-state index in [2.05, 4.69) is 27.0 Å². The molecule has 0 aromatic carbocycles. The van der Waals surface area contributed by atoms with Crippen molar-refractivity contribution < 1.29 is 9.23 Å². The van der Waals surface area contributed by atoms with Crippen LogP contribution in [0.2, 0.25) is 0 Å². The molecule has 0 saturated carbocycles. The average Bonchev–Trinajstić information content (AvgIpc) is 2.60. The molecule has 0 bridgehead atoms. The Kier molecular flexibility index (Phi) is 4.75. The van der Waals surface area contributed by atoms with Gasteiger partial charge in [0, 0.05) is 17.8 Å². The van der Waals surface area contributed by atoms with E-state index in [1.54, 1.807) is 12.3 Å². The first-order chi connectivity index (χ1) is 11.3. The molecule has 2 heterocycles. The molecule has 0 spiro atoms. The Morgan fingerprint density at radius 1 is 1.09 bits per heavy atom. The molecule has 5 heteroatoms. The van der Waals surface area contributed by atoms with E-state index in [1.165, 1.54) is 12.1 Å². The highest BCUT2D eigenvalue weighted by atomic mass is 19.1. The summed E-state index contributed by atoms with van der Waals surface area (Å²) in [7, 11) is 0. The zero-order valence-corrected chi connectivity index (χ0v) is 12.4. The molecule has 0 radical (unpaired) electrons. The molecule has 0 unspecified atom stereocenters. The summed E-state index contributed by atoms with van der Waals surface area (Å²) in [5.74, 6) is 5.68. The van der Waals surface area contributed by atoms with Crippen molar-refractivity contribution in [1.29, 1.82) is 0 Å². The quantitative estimate of drug-likeness (QED) is 0.484. The van der Waals surface area contributed by atoms with Crippen LogP contribution >= 0.6 is 0 Å². The Labute approximate surface area is 133 Å². The van der Waals surface area contributed by atoms with Gasteiger partial charge in [-0.25, -0.2) is 4.98 Å². The summed E-state index contributed by atoms with van der Waals surface area (Å²) < 4.78 is 13.0. The van der Waals surface area contributed by atoms with E-state index in [9.17, 15) is 4.39 Å². The molecule has 0 N–H and O–H groups in total. The molecule has 23 heavy (non-hydrogen) atoms. The van der Waals surface area contributed by atoms with E-state index in [1.807, 2.05) is 24.3 Å². The van der Waals surface area contributed by atoms with E-state index in [0.717, 1.165) is 36.2 Å². The van der Waals surface area contributed by atoms with Crippen molar-refractivity contribution in [2.75, 3.05) is 0 Å². The van der Waals surface area contributed by atoms with Gasteiger partial charge >= 0.3 is 0 Å². The summed E-state index contributed by atoms with van der Waals surface area (Å²) in [6.45, 7) is 0. The fraction of sp³-hybridized carbons (Fsp3) is 0.167. The lowest BCUT2D eigenvalue weighted by Crippen LogP contribution is -2.05. The molecule has 0 aliphatic heterocycles. The number of allylic oxidation sites excluding steroid dienone is 2. The van der Waals surface area contributed by atoms with Crippen LogP contribution in [-0.2, 0) is 0 Å². The van der Waals surface area contributed by atoms with Gasteiger partial charge in [0.2, 0.25) is 5.95 Å². The van der Waals surface area contributed by atoms with Gasteiger partial charge in [-0.15, -0.1) is 0 Å². The van der Waals surface area contributed by atoms with E-state index in [-0.39, 0.29) is 5.88 Å². The number of pyridine rings is 2. The topological polar surface area (TPSA) is 47.4 Å². The van der Waals surface area contributed by atoms with Gasteiger partial charge in [0.25, 0.3) is 5.88 Å². The van der Waals surface area contributed by atoms with Crippen LogP contribution in [-0.4, -0.2) is 15.7 Å². The van der Waals surface area contributed by atoms with Crippen molar-refractivity contribution in [2.24, 2.45) is 5.16 Å². The Morgan fingerprint density at radius 3 is 2.87 bits per heavy atom. The van der Waals surface area contributed by atoms with Crippen molar-refractivity contribution >= 4 is 5.71 Å². The molecule has 0 saturated heterocycles. The molecule has 2 aromatic heterocycles. The van der Waals surface area contributed by atoms with Crippen molar-refractivity contribution in [1.82, 2.24) is 9.97 Å². The van der Waals surface area contributed by atoms with Gasteiger partial charge in [-0.05, 0) is 49.5 Å². The third-order valence-corrected chi connectivity index (χ3v) is 3.18. The smallest absolute Gasteiger partial charge is 0.251 e. The van der Waals surface area contributed by atoms with Crippen LogP contribution in [0, 0.1) is 17.8 Å². The Morgan fingerprint density at radius 2 is 2.04 bits per heavy atom. The summed E-state index contributed by atoms with van der Waals surface area (Å²) in [6, 6.07) is 9.96. The Bertz CT molecular complexity index is 804. The second-order valence-electron chi connectivity index (χ2n) is 4.96. The van der Waals surface area contributed by atoms with Gasteiger partial charge < -0.3 is 4.84 Å².